The average Bonchev–Trinajstić information content (AvgIpc) is 2.79. The largest absolute Gasteiger partial charge is 0.455 e. The molecule has 0 aliphatic heterocycles. The first-order chi connectivity index (χ1) is 9.80. The van der Waals surface area contributed by atoms with E-state index in [4.69, 9.17) is 4.74 Å². The number of benzene rings is 1. The van der Waals surface area contributed by atoms with Crippen LogP contribution in [0.25, 0.3) is 11.4 Å². The lowest BCUT2D eigenvalue weighted by Crippen LogP contribution is -2.24. The summed E-state index contributed by atoms with van der Waals surface area (Å²) in [4.78, 5) is 19.7. The number of nitrogens with zero attached hydrogens (tertiary/aromatic N) is 1. The molecule has 4 nitrogen and oxygen atoms in total. The van der Waals surface area contributed by atoms with Crippen molar-refractivity contribution in [2.24, 2.45) is 0 Å². The van der Waals surface area contributed by atoms with Gasteiger partial charge < -0.3 is 9.72 Å². The molecular formula is C17H22N2O2. The van der Waals surface area contributed by atoms with Gasteiger partial charge in [-0.25, -0.2) is 9.78 Å². The molecule has 1 aromatic carbocycles. The van der Waals surface area contributed by atoms with Crippen molar-refractivity contribution in [1.29, 1.82) is 0 Å². The van der Waals surface area contributed by atoms with Crippen LogP contribution in [0.4, 0.5) is 0 Å². The lowest BCUT2D eigenvalue weighted by Gasteiger charge is -2.18. The van der Waals surface area contributed by atoms with Gasteiger partial charge >= 0.3 is 5.97 Å². The number of carbonyl (C=O) groups is 1. The molecule has 1 N–H and O–H groups in total. The zero-order valence-electron chi connectivity index (χ0n) is 13.3. The van der Waals surface area contributed by atoms with Crippen LogP contribution in [0.2, 0.25) is 0 Å². The first-order valence-electron chi connectivity index (χ1n) is 7.19. The Labute approximate surface area is 125 Å². The van der Waals surface area contributed by atoms with E-state index >= 15 is 0 Å². The number of aromatic nitrogens is 2. The Bertz CT molecular complexity index is 634. The van der Waals surface area contributed by atoms with Crippen LogP contribution in [0.1, 0.15) is 49.4 Å². The minimum absolute atomic E-state index is 0.347. The minimum Gasteiger partial charge on any atom is -0.455 e. The maximum atomic E-state index is 12.1. The predicted octanol–water partition coefficient (Wildman–Crippen LogP) is 3.90. The first-order valence-corrected chi connectivity index (χ1v) is 7.19. The van der Waals surface area contributed by atoms with E-state index in [1.807, 2.05) is 39.8 Å². The number of esters is 1. The van der Waals surface area contributed by atoms with Crippen molar-refractivity contribution in [3.05, 3.63) is 41.2 Å². The third-order valence-corrected chi connectivity index (χ3v) is 3.11. The summed E-state index contributed by atoms with van der Waals surface area (Å²) in [6, 6.07) is 8.16. The SMILES string of the molecule is CCc1ccc(-c2nc(C(=O)OC(C)(C)C)c(C)[nH]2)cc1. The number of H-pyrrole nitrogens is 1. The van der Waals surface area contributed by atoms with Crippen molar-refractivity contribution in [2.45, 2.75) is 46.6 Å². The van der Waals surface area contributed by atoms with Gasteiger partial charge in [0.2, 0.25) is 0 Å². The Morgan fingerprint density at radius 3 is 2.38 bits per heavy atom. The summed E-state index contributed by atoms with van der Waals surface area (Å²) in [5.41, 5.74) is 2.78. The fraction of sp³-hybridized carbons (Fsp3) is 0.412. The van der Waals surface area contributed by atoms with Crippen LogP contribution in [0.3, 0.4) is 0 Å². The van der Waals surface area contributed by atoms with Crippen molar-refractivity contribution >= 4 is 5.97 Å². The molecule has 4 heteroatoms. The Morgan fingerprint density at radius 2 is 1.86 bits per heavy atom. The Balaban J connectivity index is 2.27. The molecule has 0 bridgehead atoms. The van der Waals surface area contributed by atoms with Crippen LogP contribution in [-0.2, 0) is 11.2 Å². The van der Waals surface area contributed by atoms with Crippen LogP contribution < -0.4 is 0 Å². The number of hydrogen-bond donors (Lipinski definition) is 1. The van der Waals surface area contributed by atoms with E-state index in [0.29, 0.717) is 11.5 Å². The monoisotopic (exact) mass is 286 g/mol. The molecule has 2 rings (SSSR count). The molecule has 0 aliphatic carbocycles. The third kappa shape index (κ3) is 3.72. The highest BCUT2D eigenvalue weighted by Crippen LogP contribution is 2.20. The number of ether oxygens (including phenoxy) is 1. The number of carbonyl (C=O) groups excluding carboxylic acids is 1. The maximum Gasteiger partial charge on any atom is 0.359 e. The normalized spacial score (nSPS) is 11.5. The Kier molecular flexibility index (Phi) is 4.16. The molecule has 112 valence electrons. The van der Waals surface area contributed by atoms with Gasteiger partial charge in [-0.1, -0.05) is 31.2 Å². The second kappa shape index (κ2) is 5.72. The molecule has 21 heavy (non-hydrogen) atoms. The van der Waals surface area contributed by atoms with Crippen LogP contribution in [0.15, 0.2) is 24.3 Å². The summed E-state index contributed by atoms with van der Waals surface area (Å²) < 4.78 is 5.37. The van der Waals surface area contributed by atoms with Crippen molar-refractivity contribution in [2.75, 3.05) is 0 Å². The smallest absolute Gasteiger partial charge is 0.359 e. The lowest BCUT2D eigenvalue weighted by molar-refractivity contribution is 0.00627. The Morgan fingerprint density at radius 1 is 1.24 bits per heavy atom. The van der Waals surface area contributed by atoms with Gasteiger partial charge in [0.15, 0.2) is 5.69 Å². The first kappa shape index (κ1) is 15.3. The molecule has 0 amide bonds. The average molecular weight is 286 g/mol. The number of aromatic amines is 1. The standard InChI is InChI=1S/C17H22N2O2/c1-6-12-7-9-13(10-8-12)15-18-11(2)14(19-15)16(20)21-17(3,4)5/h7-10H,6H2,1-5H3,(H,18,19). The summed E-state index contributed by atoms with van der Waals surface area (Å²) in [7, 11) is 0. The highest BCUT2D eigenvalue weighted by atomic mass is 16.6. The molecular weight excluding hydrogens is 264 g/mol. The van der Waals surface area contributed by atoms with Crippen LogP contribution in [-0.4, -0.2) is 21.5 Å². The number of nitrogens with one attached hydrogen (secondary N) is 1. The molecule has 0 aliphatic rings. The molecule has 2 aromatic rings. The molecule has 1 aromatic heterocycles. The number of aryl methyl sites for hydroxylation is 2. The molecule has 0 radical (unpaired) electrons. The maximum absolute atomic E-state index is 12.1. The van der Waals surface area contributed by atoms with Gasteiger partial charge in [0, 0.05) is 11.3 Å². The second-order valence-electron chi connectivity index (χ2n) is 6.11. The van der Waals surface area contributed by atoms with Crippen molar-refractivity contribution in [3.63, 3.8) is 0 Å². The zero-order chi connectivity index (χ0) is 15.6. The van der Waals surface area contributed by atoms with Crippen LogP contribution in [0.5, 0.6) is 0 Å². The molecule has 0 spiro atoms. The summed E-state index contributed by atoms with van der Waals surface area (Å²) in [6.45, 7) is 9.48. The second-order valence-corrected chi connectivity index (χ2v) is 6.11. The Hall–Kier alpha value is -2.10. The van der Waals surface area contributed by atoms with Crippen LogP contribution >= 0.6 is 0 Å². The van der Waals surface area contributed by atoms with Gasteiger partial charge in [-0.2, -0.15) is 0 Å². The number of imidazole rings is 1. The van der Waals surface area contributed by atoms with Crippen molar-refractivity contribution in [3.8, 4) is 11.4 Å². The van der Waals surface area contributed by atoms with Gasteiger partial charge in [0.1, 0.15) is 11.4 Å². The van der Waals surface area contributed by atoms with Crippen molar-refractivity contribution < 1.29 is 9.53 Å². The fourth-order valence-corrected chi connectivity index (χ4v) is 2.02. The third-order valence-electron chi connectivity index (χ3n) is 3.11. The summed E-state index contributed by atoms with van der Waals surface area (Å²) in [5.74, 6) is 0.295. The van der Waals surface area contributed by atoms with E-state index in [-0.39, 0.29) is 0 Å². The molecule has 1 heterocycles. The van der Waals surface area contributed by atoms with E-state index in [9.17, 15) is 4.79 Å². The van der Waals surface area contributed by atoms with E-state index in [0.717, 1.165) is 17.7 Å². The highest BCUT2D eigenvalue weighted by molar-refractivity contribution is 5.89. The van der Waals surface area contributed by atoms with E-state index in [1.54, 1.807) is 0 Å². The zero-order valence-corrected chi connectivity index (χ0v) is 13.3. The van der Waals surface area contributed by atoms with Gasteiger partial charge in [-0.05, 0) is 39.7 Å². The summed E-state index contributed by atoms with van der Waals surface area (Å²) in [6.07, 6.45) is 1.00. The predicted molar refractivity (Wildman–Crippen MR) is 83.3 cm³/mol. The minimum atomic E-state index is -0.522. The number of hydrogen-bond acceptors (Lipinski definition) is 3. The van der Waals surface area contributed by atoms with Crippen LogP contribution in [0, 0.1) is 6.92 Å². The molecule has 0 saturated carbocycles. The lowest BCUT2D eigenvalue weighted by atomic mass is 10.1. The summed E-state index contributed by atoms with van der Waals surface area (Å²) >= 11 is 0. The quantitative estimate of drug-likeness (QED) is 0.870. The fourth-order valence-electron chi connectivity index (χ4n) is 2.02. The topological polar surface area (TPSA) is 55.0 Å². The highest BCUT2D eigenvalue weighted by Gasteiger charge is 2.22. The molecule has 0 fully saturated rings. The van der Waals surface area contributed by atoms with Crippen molar-refractivity contribution in [1.82, 2.24) is 9.97 Å². The van der Waals surface area contributed by atoms with Gasteiger partial charge in [-0.15, -0.1) is 0 Å². The molecule has 0 saturated heterocycles. The van der Waals surface area contributed by atoms with Gasteiger partial charge in [-0.3, -0.25) is 0 Å². The van der Waals surface area contributed by atoms with Gasteiger partial charge in [0.05, 0.1) is 0 Å². The summed E-state index contributed by atoms with van der Waals surface area (Å²) in [5, 5.41) is 0. The number of rotatable bonds is 3. The van der Waals surface area contributed by atoms with Gasteiger partial charge in [0.25, 0.3) is 0 Å². The molecule has 0 atom stereocenters. The van der Waals surface area contributed by atoms with E-state index in [1.165, 1.54) is 5.56 Å². The van der Waals surface area contributed by atoms with E-state index in [2.05, 4.69) is 29.0 Å². The van der Waals surface area contributed by atoms with E-state index < -0.39 is 11.6 Å². The molecule has 0 unspecified atom stereocenters.